The summed E-state index contributed by atoms with van der Waals surface area (Å²) in [7, 11) is 1.21. The number of rotatable bonds is 6. The van der Waals surface area contributed by atoms with E-state index >= 15 is 0 Å². The fourth-order valence-corrected chi connectivity index (χ4v) is 4.66. The third-order valence-electron chi connectivity index (χ3n) is 5.33. The number of anilines is 1. The van der Waals surface area contributed by atoms with Crippen LogP contribution in [0.3, 0.4) is 0 Å². The molecular formula is C23H15F4NO6S. The van der Waals surface area contributed by atoms with E-state index in [2.05, 4.69) is 0 Å². The van der Waals surface area contributed by atoms with Crippen molar-refractivity contribution in [2.75, 3.05) is 12.0 Å². The van der Waals surface area contributed by atoms with Crippen molar-refractivity contribution in [2.45, 2.75) is 19.4 Å². The van der Waals surface area contributed by atoms with Crippen LogP contribution >= 0.6 is 11.3 Å². The molecule has 35 heavy (non-hydrogen) atoms. The molecule has 2 amide bonds. The molecule has 0 spiro atoms. The molecule has 12 heteroatoms. The molecule has 0 bridgehead atoms. The molecule has 0 saturated heterocycles. The molecule has 182 valence electrons. The number of benzene rings is 2. The minimum Gasteiger partial charge on any atom is -0.496 e. The first-order valence-electron chi connectivity index (χ1n) is 9.93. The highest BCUT2D eigenvalue weighted by molar-refractivity contribution is 7.12. The molecule has 1 aliphatic rings. The number of aromatic carboxylic acids is 1. The number of thiophene rings is 1. The predicted molar refractivity (Wildman–Crippen MR) is 115 cm³/mol. The van der Waals surface area contributed by atoms with Gasteiger partial charge in [-0.25, -0.2) is 27.3 Å². The molecule has 3 aromatic rings. The quantitative estimate of drug-likeness (QED) is 0.376. The topological polar surface area (TPSA) is 93.1 Å². The molecule has 7 nitrogen and oxygen atoms in total. The highest BCUT2D eigenvalue weighted by Crippen LogP contribution is 2.38. The average Bonchev–Trinajstić information content (AvgIpc) is 3.22. The predicted octanol–water partition coefficient (Wildman–Crippen LogP) is 4.88. The SMILES string of the molecule is COc1ccc(F)c(F)c1C(C)Oc1cc(N2C(=O)Cc3csc(C(=O)O)c3C2=O)c(F)cc1F. The van der Waals surface area contributed by atoms with Crippen molar-refractivity contribution in [3.8, 4) is 11.5 Å². The summed E-state index contributed by atoms with van der Waals surface area (Å²) in [6.45, 7) is 1.26. The number of methoxy groups -OCH3 is 1. The lowest BCUT2D eigenvalue weighted by molar-refractivity contribution is -0.117. The van der Waals surface area contributed by atoms with Crippen LogP contribution in [-0.2, 0) is 11.2 Å². The van der Waals surface area contributed by atoms with Gasteiger partial charge in [0, 0.05) is 12.1 Å². The van der Waals surface area contributed by atoms with E-state index in [4.69, 9.17) is 9.47 Å². The monoisotopic (exact) mass is 509 g/mol. The molecule has 2 heterocycles. The molecule has 4 rings (SSSR count). The molecule has 1 aliphatic heterocycles. The molecule has 1 unspecified atom stereocenters. The van der Waals surface area contributed by atoms with Gasteiger partial charge < -0.3 is 14.6 Å². The molecule has 0 saturated carbocycles. The van der Waals surface area contributed by atoms with Gasteiger partial charge in [0.05, 0.1) is 30.3 Å². The van der Waals surface area contributed by atoms with Crippen LogP contribution in [0, 0.1) is 23.3 Å². The number of carbonyl (C=O) groups is 3. The number of fused-ring (bicyclic) bond motifs is 1. The maximum atomic E-state index is 14.7. The van der Waals surface area contributed by atoms with Gasteiger partial charge >= 0.3 is 5.97 Å². The van der Waals surface area contributed by atoms with E-state index in [1.165, 1.54) is 19.4 Å². The lowest BCUT2D eigenvalue weighted by atomic mass is 10.0. The normalized spacial score (nSPS) is 14.1. The third-order valence-corrected chi connectivity index (χ3v) is 6.35. The molecule has 1 N–H and O–H groups in total. The fraction of sp³-hybridized carbons (Fsp3) is 0.174. The van der Waals surface area contributed by atoms with Crippen LogP contribution in [0.15, 0.2) is 29.6 Å². The van der Waals surface area contributed by atoms with E-state index in [0.29, 0.717) is 11.0 Å². The number of hydrogen-bond acceptors (Lipinski definition) is 6. The molecule has 1 atom stereocenters. The molecule has 2 aromatic carbocycles. The van der Waals surface area contributed by atoms with Crippen LogP contribution in [-0.4, -0.2) is 30.0 Å². The first kappa shape index (κ1) is 24.2. The van der Waals surface area contributed by atoms with Crippen LogP contribution in [0.5, 0.6) is 11.5 Å². The second-order valence-corrected chi connectivity index (χ2v) is 8.33. The van der Waals surface area contributed by atoms with E-state index in [1.807, 2.05) is 0 Å². The first-order valence-corrected chi connectivity index (χ1v) is 10.8. The number of carboxylic acid groups (broad SMARTS) is 1. The van der Waals surface area contributed by atoms with Gasteiger partial charge in [-0.15, -0.1) is 11.3 Å². The number of nitrogens with zero attached hydrogens (tertiary/aromatic N) is 1. The minimum atomic E-state index is -1.40. The molecular weight excluding hydrogens is 494 g/mol. The van der Waals surface area contributed by atoms with Gasteiger partial charge in [-0.3, -0.25) is 9.59 Å². The van der Waals surface area contributed by atoms with Gasteiger partial charge in [0.1, 0.15) is 16.7 Å². The van der Waals surface area contributed by atoms with Gasteiger partial charge in [-0.2, -0.15) is 0 Å². The summed E-state index contributed by atoms with van der Waals surface area (Å²) in [6.07, 6.45) is -1.73. The highest BCUT2D eigenvalue weighted by atomic mass is 32.1. The van der Waals surface area contributed by atoms with Crippen molar-refractivity contribution >= 4 is 34.8 Å². The van der Waals surface area contributed by atoms with Gasteiger partial charge in [0.25, 0.3) is 5.91 Å². The zero-order chi connectivity index (χ0) is 25.6. The summed E-state index contributed by atoms with van der Waals surface area (Å²) >= 11 is 0.743. The third kappa shape index (κ3) is 4.09. The summed E-state index contributed by atoms with van der Waals surface area (Å²) in [6, 6.07) is 3.05. The van der Waals surface area contributed by atoms with Gasteiger partial charge in [0.15, 0.2) is 29.0 Å². The van der Waals surface area contributed by atoms with Crippen LogP contribution in [0.25, 0.3) is 0 Å². The molecule has 0 aliphatic carbocycles. The summed E-state index contributed by atoms with van der Waals surface area (Å²) in [4.78, 5) is 37.2. The largest absolute Gasteiger partial charge is 0.496 e. The lowest BCUT2D eigenvalue weighted by Gasteiger charge is -2.27. The number of hydrogen-bond donors (Lipinski definition) is 1. The molecule has 0 fully saturated rings. The van der Waals surface area contributed by atoms with Crippen molar-refractivity contribution in [1.82, 2.24) is 0 Å². The van der Waals surface area contributed by atoms with Gasteiger partial charge in [0.2, 0.25) is 5.91 Å². The van der Waals surface area contributed by atoms with Gasteiger partial charge in [-0.05, 0) is 30.0 Å². The number of ether oxygens (including phenoxy) is 2. The van der Waals surface area contributed by atoms with E-state index in [1.54, 1.807) is 0 Å². The Kier molecular flexibility index (Phi) is 6.24. The fourth-order valence-electron chi connectivity index (χ4n) is 3.76. The Balaban J connectivity index is 1.75. The maximum Gasteiger partial charge on any atom is 0.346 e. The lowest BCUT2D eigenvalue weighted by Crippen LogP contribution is -2.43. The van der Waals surface area contributed by atoms with Crippen molar-refractivity contribution < 1.29 is 46.5 Å². The second-order valence-electron chi connectivity index (χ2n) is 7.45. The number of carboxylic acids is 1. The Labute approximate surface area is 199 Å². The first-order chi connectivity index (χ1) is 16.5. The Morgan fingerprint density at radius 1 is 1.09 bits per heavy atom. The van der Waals surface area contributed by atoms with Crippen LogP contribution in [0.2, 0.25) is 0 Å². The van der Waals surface area contributed by atoms with Crippen molar-refractivity contribution in [3.63, 3.8) is 0 Å². The number of amides is 2. The van der Waals surface area contributed by atoms with Crippen molar-refractivity contribution in [1.29, 1.82) is 0 Å². The van der Waals surface area contributed by atoms with Crippen LogP contribution in [0.1, 0.15) is 44.2 Å². The average molecular weight is 509 g/mol. The van der Waals surface area contributed by atoms with Crippen molar-refractivity contribution in [3.05, 3.63) is 74.5 Å². The Morgan fingerprint density at radius 3 is 2.46 bits per heavy atom. The van der Waals surface area contributed by atoms with Crippen LogP contribution in [0.4, 0.5) is 23.2 Å². The van der Waals surface area contributed by atoms with E-state index in [-0.39, 0.29) is 33.7 Å². The number of imide groups is 1. The summed E-state index contributed by atoms with van der Waals surface area (Å²) in [5.74, 6) is -9.18. The molecule has 0 radical (unpaired) electrons. The standard InChI is InChI=1S/C23H15F4NO6S/c1-9(18-15(33-2)4-3-11(24)20(18)27)34-16-7-14(12(25)6-13(16)26)28-17(29)5-10-8-35-21(23(31)32)19(10)22(28)30/h3-4,6-9H,5H2,1-2H3,(H,31,32). The maximum absolute atomic E-state index is 14.7. The highest BCUT2D eigenvalue weighted by Gasteiger charge is 2.38. The van der Waals surface area contributed by atoms with Crippen molar-refractivity contribution in [2.24, 2.45) is 0 Å². The Morgan fingerprint density at radius 2 is 1.80 bits per heavy atom. The Hall–Kier alpha value is -3.93. The molecule has 1 aromatic heterocycles. The van der Waals surface area contributed by atoms with Gasteiger partial charge in [-0.1, -0.05) is 0 Å². The number of carbonyl (C=O) groups excluding carboxylic acids is 2. The summed E-state index contributed by atoms with van der Waals surface area (Å²) in [5, 5.41) is 10.7. The zero-order valence-electron chi connectivity index (χ0n) is 18.0. The van der Waals surface area contributed by atoms with Crippen LogP contribution < -0.4 is 14.4 Å². The van der Waals surface area contributed by atoms with E-state index in [0.717, 1.165) is 29.5 Å². The second kappa shape index (κ2) is 9.02. The summed E-state index contributed by atoms with van der Waals surface area (Å²) < 4.78 is 67.9. The van der Waals surface area contributed by atoms with E-state index < -0.39 is 58.6 Å². The summed E-state index contributed by atoms with van der Waals surface area (Å²) in [5.41, 5.74) is -1.16. The zero-order valence-corrected chi connectivity index (χ0v) is 18.8. The Bertz CT molecular complexity index is 1390. The minimum absolute atomic E-state index is 0.0910. The number of halogens is 4. The smallest absolute Gasteiger partial charge is 0.346 e. The van der Waals surface area contributed by atoms with E-state index in [9.17, 15) is 37.1 Å².